The van der Waals surface area contributed by atoms with Crippen molar-refractivity contribution < 1.29 is 13.2 Å². The molecule has 1 saturated heterocycles. The van der Waals surface area contributed by atoms with Crippen LogP contribution in [0.1, 0.15) is 48.9 Å². The summed E-state index contributed by atoms with van der Waals surface area (Å²) in [6, 6.07) is 1.53. The molecule has 1 aromatic heterocycles. The van der Waals surface area contributed by atoms with Gasteiger partial charge in [-0.15, -0.1) is 0 Å². The van der Waals surface area contributed by atoms with Gasteiger partial charge in [-0.3, -0.25) is 4.79 Å². The third-order valence-electron chi connectivity index (χ3n) is 4.24. The van der Waals surface area contributed by atoms with Crippen molar-refractivity contribution in [1.82, 2.24) is 15.3 Å². The van der Waals surface area contributed by atoms with E-state index in [0.717, 1.165) is 19.3 Å². The Morgan fingerprint density at radius 1 is 1.38 bits per heavy atom. The smallest absolute Gasteiger partial charge is 0.270 e. The first-order chi connectivity index (χ1) is 11.3. The summed E-state index contributed by atoms with van der Waals surface area (Å²) in [5.41, 5.74) is 0.321. The zero-order valence-corrected chi connectivity index (χ0v) is 15.4. The van der Waals surface area contributed by atoms with E-state index in [-0.39, 0.29) is 23.5 Å². The Bertz CT molecular complexity index is 691. The van der Waals surface area contributed by atoms with Gasteiger partial charge in [0, 0.05) is 25.7 Å². The standard InChI is InChI=1S/C16H26N4O3S/c1-4-5-6-8-17-16(21)14-10-15(19-12(2)18-14)20(3)13-7-9-24(22,23)11-13/h10,13H,4-9,11H2,1-3H3,(H,17,21). The summed E-state index contributed by atoms with van der Waals surface area (Å²) < 4.78 is 23.3. The van der Waals surface area contributed by atoms with Crippen LogP contribution in [0.15, 0.2) is 6.07 Å². The zero-order chi connectivity index (χ0) is 17.7. The molecule has 8 heteroatoms. The number of amides is 1. The predicted octanol–water partition coefficient (Wildman–Crippen LogP) is 1.33. The van der Waals surface area contributed by atoms with Crippen LogP contribution in [0.2, 0.25) is 0 Å². The molecule has 1 aromatic rings. The van der Waals surface area contributed by atoms with Crippen LogP contribution in [-0.4, -0.2) is 55.4 Å². The number of hydrogen-bond donors (Lipinski definition) is 1. The number of rotatable bonds is 7. The molecule has 1 N–H and O–H groups in total. The number of anilines is 1. The summed E-state index contributed by atoms with van der Waals surface area (Å²) in [4.78, 5) is 22.6. The fraction of sp³-hybridized carbons (Fsp3) is 0.688. The molecule has 7 nitrogen and oxygen atoms in total. The van der Waals surface area contributed by atoms with Gasteiger partial charge in [0.05, 0.1) is 11.5 Å². The minimum Gasteiger partial charge on any atom is -0.356 e. The molecule has 1 atom stereocenters. The molecule has 0 spiro atoms. The predicted molar refractivity (Wildman–Crippen MR) is 94.1 cm³/mol. The second kappa shape index (κ2) is 7.92. The Labute approximate surface area is 143 Å². The van der Waals surface area contributed by atoms with Crippen LogP contribution in [0.3, 0.4) is 0 Å². The van der Waals surface area contributed by atoms with Crippen molar-refractivity contribution >= 4 is 21.6 Å². The monoisotopic (exact) mass is 354 g/mol. The first-order valence-electron chi connectivity index (χ1n) is 8.39. The van der Waals surface area contributed by atoms with Crippen molar-refractivity contribution in [1.29, 1.82) is 0 Å². The zero-order valence-electron chi connectivity index (χ0n) is 14.6. The first-order valence-corrected chi connectivity index (χ1v) is 10.2. The average Bonchev–Trinajstić information content (AvgIpc) is 2.90. The van der Waals surface area contributed by atoms with E-state index >= 15 is 0 Å². The highest BCUT2D eigenvalue weighted by Gasteiger charge is 2.31. The van der Waals surface area contributed by atoms with Crippen LogP contribution in [0.25, 0.3) is 0 Å². The number of nitrogens with zero attached hydrogens (tertiary/aromatic N) is 3. The Kier molecular flexibility index (Phi) is 6.15. The molecule has 0 saturated carbocycles. The number of aryl methyl sites for hydroxylation is 1. The van der Waals surface area contributed by atoms with Crippen LogP contribution >= 0.6 is 0 Å². The lowest BCUT2D eigenvalue weighted by molar-refractivity contribution is 0.0947. The summed E-state index contributed by atoms with van der Waals surface area (Å²) in [6.45, 7) is 4.47. The number of carbonyl (C=O) groups excluding carboxylic acids is 1. The van der Waals surface area contributed by atoms with Crippen molar-refractivity contribution in [3.63, 3.8) is 0 Å². The van der Waals surface area contributed by atoms with Crippen LogP contribution < -0.4 is 10.2 Å². The van der Waals surface area contributed by atoms with Crippen LogP contribution in [-0.2, 0) is 9.84 Å². The van der Waals surface area contributed by atoms with E-state index in [1.54, 1.807) is 13.0 Å². The molecule has 0 radical (unpaired) electrons. The van der Waals surface area contributed by atoms with E-state index in [9.17, 15) is 13.2 Å². The molecule has 1 aliphatic heterocycles. The van der Waals surface area contributed by atoms with Crippen molar-refractivity contribution in [3.05, 3.63) is 17.6 Å². The van der Waals surface area contributed by atoms with Crippen molar-refractivity contribution in [2.75, 3.05) is 30.0 Å². The third-order valence-corrected chi connectivity index (χ3v) is 5.99. The van der Waals surface area contributed by atoms with E-state index < -0.39 is 9.84 Å². The highest BCUT2D eigenvalue weighted by molar-refractivity contribution is 7.91. The quantitative estimate of drug-likeness (QED) is 0.743. The molecule has 24 heavy (non-hydrogen) atoms. The number of sulfone groups is 1. The Morgan fingerprint density at radius 3 is 2.75 bits per heavy atom. The third kappa shape index (κ3) is 4.90. The van der Waals surface area contributed by atoms with Crippen LogP contribution in [0.5, 0.6) is 0 Å². The van der Waals surface area contributed by atoms with E-state index in [0.29, 0.717) is 30.3 Å². The summed E-state index contributed by atoms with van der Waals surface area (Å²) >= 11 is 0. The Balaban J connectivity index is 2.09. The van der Waals surface area contributed by atoms with Gasteiger partial charge in [0.1, 0.15) is 17.3 Å². The lowest BCUT2D eigenvalue weighted by atomic mass is 10.2. The molecule has 0 aliphatic carbocycles. The van der Waals surface area contributed by atoms with Gasteiger partial charge in [-0.25, -0.2) is 18.4 Å². The lowest BCUT2D eigenvalue weighted by Crippen LogP contribution is -2.34. The van der Waals surface area contributed by atoms with Gasteiger partial charge in [-0.05, 0) is 19.8 Å². The lowest BCUT2D eigenvalue weighted by Gasteiger charge is -2.25. The minimum atomic E-state index is -2.97. The van der Waals surface area contributed by atoms with Gasteiger partial charge in [0.15, 0.2) is 9.84 Å². The van der Waals surface area contributed by atoms with Crippen LogP contribution in [0, 0.1) is 6.92 Å². The highest BCUT2D eigenvalue weighted by atomic mass is 32.2. The molecule has 0 aromatic carbocycles. The molecule has 2 rings (SSSR count). The van der Waals surface area contributed by atoms with Gasteiger partial charge >= 0.3 is 0 Å². The fourth-order valence-corrected chi connectivity index (χ4v) is 4.56. The topological polar surface area (TPSA) is 92.3 Å². The van der Waals surface area contributed by atoms with E-state index in [4.69, 9.17) is 0 Å². The Hall–Kier alpha value is -1.70. The number of aromatic nitrogens is 2. The summed E-state index contributed by atoms with van der Waals surface area (Å²) in [5.74, 6) is 1.20. The Morgan fingerprint density at radius 2 is 2.12 bits per heavy atom. The van der Waals surface area contributed by atoms with Gasteiger partial charge in [-0.1, -0.05) is 19.8 Å². The van der Waals surface area contributed by atoms with Crippen molar-refractivity contribution in [3.8, 4) is 0 Å². The molecule has 1 unspecified atom stereocenters. The van der Waals surface area contributed by atoms with E-state index in [2.05, 4.69) is 22.2 Å². The average molecular weight is 354 g/mol. The maximum Gasteiger partial charge on any atom is 0.270 e. The largest absolute Gasteiger partial charge is 0.356 e. The number of nitrogens with one attached hydrogen (secondary N) is 1. The second-order valence-electron chi connectivity index (χ2n) is 6.29. The SMILES string of the molecule is CCCCCNC(=O)c1cc(N(C)C2CCS(=O)(=O)C2)nc(C)n1. The van der Waals surface area contributed by atoms with Gasteiger partial charge < -0.3 is 10.2 Å². The van der Waals surface area contributed by atoms with Gasteiger partial charge in [0.25, 0.3) is 5.91 Å². The first kappa shape index (κ1) is 18.6. The molecule has 134 valence electrons. The number of hydrogen-bond acceptors (Lipinski definition) is 6. The summed E-state index contributed by atoms with van der Waals surface area (Å²) in [5, 5.41) is 2.87. The van der Waals surface area contributed by atoms with Gasteiger partial charge in [0.2, 0.25) is 0 Å². The normalized spacial score (nSPS) is 19.2. The van der Waals surface area contributed by atoms with Crippen molar-refractivity contribution in [2.45, 2.75) is 45.6 Å². The van der Waals surface area contributed by atoms with E-state index in [1.807, 2.05) is 11.9 Å². The van der Waals surface area contributed by atoms with Gasteiger partial charge in [-0.2, -0.15) is 0 Å². The molecule has 2 heterocycles. The highest BCUT2D eigenvalue weighted by Crippen LogP contribution is 2.22. The maximum absolute atomic E-state index is 12.2. The number of carbonyl (C=O) groups is 1. The minimum absolute atomic E-state index is 0.107. The fourth-order valence-electron chi connectivity index (χ4n) is 2.78. The second-order valence-corrected chi connectivity index (χ2v) is 8.52. The van der Waals surface area contributed by atoms with Crippen molar-refractivity contribution in [2.24, 2.45) is 0 Å². The van der Waals surface area contributed by atoms with E-state index in [1.165, 1.54) is 0 Å². The summed E-state index contributed by atoms with van der Waals surface area (Å²) in [7, 11) is -1.15. The molecule has 0 bridgehead atoms. The molecule has 1 fully saturated rings. The maximum atomic E-state index is 12.2. The molecule has 1 amide bonds. The number of unbranched alkanes of at least 4 members (excludes halogenated alkanes) is 2. The molecular formula is C16H26N4O3S. The van der Waals surface area contributed by atoms with Crippen LogP contribution in [0.4, 0.5) is 5.82 Å². The molecule has 1 aliphatic rings. The molecular weight excluding hydrogens is 328 g/mol. The summed E-state index contributed by atoms with van der Waals surface area (Å²) in [6.07, 6.45) is 3.70.